The molecule has 0 aliphatic carbocycles. The second-order valence-corrected chi connectivity index (χ2v) is 4.16. The van der Waals surface area contributed by atoms with E-state index in [9.17, 15) is 0 Å². The summed E-state index contributed by atoms with van der Waals surface area (Å²) in [4.78, 5) is 0. The van der Waals surface area contributed by atoms with Crippen LogP contribution in [0.4, 0.5) is 0 Å². The number of aromatic nitrogens is 2. The van der Waals surface area contributed by atoms with Gasteiger partial charge in [-0.1, -0.05) is 23.7 Å². The van der Waals surface area contributed by atoms with E-state index in [0.29, 0.717) is 6.54 Å². The van der Waals surface area contributed by atoms with Crippen LogP contribution in [0, 0.1) is 0 Å². The molecule has 2 aromatic rings. The van der Waals surface area contributed by atoms with E-state index in [-0.39, 0.29) is 5.92 Å². The number of nitrogens with two attached hydrogens (primary N) is 1. The molecule has 0 amide bonds. The maximum absolute atomic E-state index is 5.98. The standard InChI is InChI=1S/C12H14ClN3/c1-16-12(5-6-15-16)11(8-14)9-3-2-4-10(13)7-9/h2-7,11H,8,14H2,1H3. The Balaban J connectivity index is 2.40. The smallest absolute Gasteiger partial charge is 0.0492 e. The number of hydrogen-bond acceptors (Lipinski definition) is 2. The van der Waals surface area contributed by atoms with Crippen molar-refractivity contribution in [1.29, 1.82) is 0 Å². The summed E-state index contributed by atoms with van der Waals surface area (Å²) < 4.78 is 1.85. The van der Waals surface area contributed by atoms with Crippen LogP contribution >= 0.6 is 11.6 Å². The largest absolute Gasteiger partial charge is 0.329 e. The monoisotopic (exact) mass is 235 g/mol. The maximum Gasteiger partial charge on any atom is 0.0492 e. The van der Waals surface area contributed by atoms with Crippen molar-refractivity contribution in [2.24, 2.45) is 12.8 Å². The lowest BCUT2D eigenvalue weighted by molar-refractivity contribution is 0.663. The van der Waals surface area contributed by atoms with E-state index >= 15 is 0 Å². The van der Waals surface area contributed by atoms with Gasteiger partial charge in [-0.15, -0.1) is 0 Å². The topological polar surface area (TPSA) is 43.8 Å². The molecule has 0 spiro atoms. The van der Waals surface area contributed by atoms with Gasteiger partial charge in [-0.25, -0.2) is 0 Å². The highest BCUT2D eigenvalue weighted by atomic mass is 35.5. The van der Waals surface area contributed by atoms with Gasteiger partial charge in [0.2, 0.25) is 0 Å². The zero-order valence-corrected chi connectivity index (χ0v) is 9.85. The average molecular weight is 236 g/mol. The highest BCUT2D eigenvalue weighted by molar-refractivity contribution is 6.30. The minimum atomic E-state index is 0.145. The first-order valence-corrected chi connectivity index (χ1v) is 5.53. The molecular weight excluding hydrogens is 222 g/mol. The van der Waals surface area contributed by atoms with Crippen LogP contribution in [0.25, 0.3) is 0 Å². The molecule has 3 nitrogen and oxygen atoms in total. The van der Waals surface area contributed by atoms with Gasteiger partial charge >= 0.3 is 0 Å². The fourth-order valence-electron chi connectivity index (χ4n) is 1.88. The van der Waals surface area contributed by atoms with Crippen molar-refractivity contribution in [2.45, 2.75) is 5.92 Å². The third kappa shape index (κ3) is 2.10. The minimum absolute atomic E-state index is 0.145. The van der Waals surface area contributed by atoms with Crippen molar-refractivity contribution in [3.63, 3.8) is 0 Å². The zero-order chi connectivity index (χ0) is 11.5. The third-order valence-corrected chi connectivity index (χ3v) is 2.94. The fraction of sp³-hybridized carbons (Fsp3) is 0.250. The molecule has 16 heavy (non-hydrogen) atoms. The number of benzene rings is 1. The average Bonchev–Trinajstić information content (AvgIpc) is 2.67. The molecular formula is C12H14ClN3. The number of aryl methyl sites for hydroxylation is 1. The lowest BCUT2D eigenvalue weighted by Crippen LogP contribution is -2.17. The molecule has 1 aromatic carbocycles. The van der Waals surface area contributed by atoms with E-state index in [4.69, 9.17) is 17.3 Å². The lowest BCUT2D eigenvalue weighted by Gasteiger charge is -2.15. The molecule has 0 aliphatic heterocycles. The Hall–Kier alpha value is -1.32. The zero-order valence-electron chi connectivity index (χ0n) is 9.10. The molecule has 0 saturated carbocycles. The predicted octanol–water partition coefficient (Wildman–Crippen LogP) is 2.16. The Morgan fingerprint density at radius 1 is 1.44 bits per heavy atom. The molecule has 84 valence electrons. The summed E-state index contributed by atoms with van der Waals surface area (Å²) in [6.45, 7) is 0.542. The summed E-state index contributed by atoms with van der Waals surface area (Å²) in [5, 5.41) is 4.90. The molecule has 4 heteroatoms. The van der Waals surface area contributed by atoms with E-state index < -0.39 is 0 Å². The maximum atomic E-state index is 5.98. The van der Waals surface area contributed by atoms with E-state index in [1.807, 2.05) is 42.1 Å². The van der Waals surface area contributed by atoms with Crippen LogP contribution in [0.1, 0.15) is 17.2 Å². The number of rotatable bonds is 3. The Morgan fingerprint density at radius 3 is 2.81 bits per heavy atom. The SMILES string of the molecule is Cn1nccc1C(CN)c1cccc(Cl)c1. The Bertz CT molecular complexity index is 479. The molecule has 2 rings (SSSR count). The molecule has 0 saturated heterocycles. The van der Waals surface area contributed by atoms with E-state index in [2.05, 4.69) is 5.10 Å². The van der Waals surface area contributed by atoms with E-state index in [1.165, 1.54) is 0 Å². The first-order valence-electron chi connectivity index (χ1n) is 5.16. The van der Waals surface area contributed by atoms with Crippen molar-refractivity contribution in [3.8, 4) is 0 Å². The van der Waals surface area contributed by atoms with Crippen LogP contribution in [0.3, 0.4) is 0 Å². The van der Waals surface area contributed by atoms with Crippen LogP contribution < -0.4 is 5.73 Å². The Morgan fingerprint density at radius 2 is 2.25 bits per heavy atom. The van der Waals surface area contributed by atoms with Gasteiger partial charge in [0.1, 0.15) is 0 Å². The summed E-state index contributed by atoms with van der Waals surface area (Å²) in [7, 11) is 1.92. The second-order valence-electron chi connectivity index (χ2n) is 3.72. The highest BCUT2D eigenvalue weighted by Gasteiger charge is 2.15. The molecule has 1 atom stereocenters. The van der Waals surface area contributed by atoms with E-state index in [0.717, 1.165) is 16.3 Å². The number of halogens is 1. The van der Waals surface area contributed by atoms with Gasteiger partial charge in [0.15, 0.2) is 0 Å². The van der Waals surface area contributed by atoms with Crippen LogP contribution in [0.5, 0.6) is 0 Å². The summed E-state index contributed by atoms with van der Waals surface area (Å²) in [6, 6.07) is 9.78. The summed E-state index contributed by atoms with van der Waals surface area (Å²) in [5.74, 6) is 0.145. The first-order chi connectivity index (χ1) is 7.72. The summed E-state index contributed by atoms with van der Waals surface area (Å²) in [5.41, 5.74) is 8.06. The molecule has 1 heterocycles. The summed E-state index contributed by atoms with van der Waals surface area (Å²) in [6.07, 6.45) is 1.78. The highest BCUT2D eigenvalue weighted by Crippen LogP contribution is 2.24. The first kappa shape index (κ1) is 11.2. The lowest BCUT2D eigenvalue weighted by atomic mass is 9.96. The van der Waals surface area contributed by atoms with Gasteiger partial charge in [-0.2, -0.15) is 5.10 Å². The number of hydrogen-bond donors (Lipinski definition) is 1. The van der Waals surface area contributed by atoms with Crippen LogP contribution in [-0.4, -0.2) is 16.3 Å². The van der Waals surface area contributed by atoms with Crippen molar-refractivity contribution in [1.82, 2.24) is 9.78 Å². The van der Waals surface area contributed by atoms with Gasteiger partial charge in [0.05, 0.1) is 0 Å². The van der Waals surface area contributed by atoms with Crippen molar-refractivity contribution < 1.29 is 0 Å². The van der Waals surface area contributed by atoms with Gasteiger partial charge < -0.3 is 5.73 Å². The molecule has 0 radical (unpaired) electrons. The van der Waals surface area contributed by atoms with Gasteiger partial charge in [-0.3, -0.25) is 4.68 Å². The van der Waals surface area contributed by atoms with Crippen LogP contribution in [0.15, 0.2) is 36.5 Å². The fourth-order valence-corrected chi connectivity index (χ4v) is 2.08. The van der Waals surface area contributed by atoms with Crippen molar-refractivity contribution in [3.05, 3.63) is 52.8 Å². The molecule has 1 unspecified atom stereocenters. The Labute approximate surface area is 99.8 Å². The third-order valence-electron chi connectivity index (χ3n) is 2.70. The normalized spacial score (nSPS) is 12.7. The molecule has 1 aromatic heterocycles. The predicted molar refractivity (Wildman–Crippen MR) is 65.6 cm³/mol. The minimum Gasteiger partial charge on any atom is -0.329 e. The second kappa shape index (κ2) is 4.68. The molecule has 0 bridgehead atoms. The van der Waals surface area contributed by atoms with Gasteiger partial charge in [0.25, 0.3) is 0 Å². The Kier molecular flexibility index (Phi) is 3.27. The summed E-state index contributed by atoms with van der Waals surface area (Å²) >= 11 is 5.98. The molecule has 0 aliphatic rings. The quantitative estimate of drug-likeness (QED) is 0.886. The van der Waals surface area contributed by atoms with Crippen molar-refractivity contribution in [2.75, 3.05) is 6.54 Å². The van der Waals surface area contributed by atoms with Gasteiger partial charge in [-0.05, 0) is 23.8 Å². The van der Waals surface area contributed by atoms with E-state index in [1.54, 1.807) is 6.20 Å². The van der Waals surface area contributed by atoms with Crippen LogP contribution in [-0.2, 0) is 7.05 Å². The van der Waals surface area contributed by atoms with Crippen LogP contribution in [0.2, 0.25) is 5.02 Å². The molecule has 2 N–H and O–H groups in total. The number of nitrogens with zero attached hydrogens (tertiary/aromatic N) is 2. The van der Waals surface area contributed by atoms with Crippen molar-refractivity contribution >= 4 is 11.6 Å². The van der Waals surface area contributed by atoms with Gasteiger partial charge in [0, 0.05) is 36.4 Å². The molecule has 0 fully saturated rings.